The van der Waals surface area contributed by atoms with Crippen LogP contribution in [0.25, 0.3) is 0 Å². The summed E-state index contributed by atoms with van der Waals surface area (Å²) in [5, 5.41) is 9.24. The number of carbonyl (C=O) groups excluding carboxylic acids is 1. The molecular formula is C22H26N4O2S. The van der Waals surface area contributed by atoms with Crippen molar-refractivity contribution < 1.29 is 9.32 Å². The Morgan fingerprint density at radius 1 is 1.24 bits per heavy atom. The topological polar surface area (TPSA) is 71.3 Å². The largest absolute Gasteiger partial charge is 0.354 e. The van der Waals surface area contributed by atoms with Crippen molar-refractivity contribution in [3.05, 3.63) is 69.5 Å². The van der Waals surface area contributed by atoms with Gasteiger partial charge in [-0.1, -0.05) is 42.4 Å². The summed E-state index contributed by atoms with van der Waals surface area (Å²) in [6.07, 6.45) is 3.33. The van der Waals surface area contributed by atoms with Crippen LogP contribution in [0.1, 0.15) is 41.1 Å². The zero-order valence-electron chi connectivity index (χ0n) is 16.6. The van der Waals surface area contributed by atoms with Crippen LogP contribution < -0.4 is 5.32 Å². The summed E-state index contributed by atoms with van der Waals surface area (Å²) >= 11 is 1.72. The van der Waals surface area contributed by atoms with Gasteiger partial charge >= 0.3 is 0 Å². The van der Waals surface area contributed by atoms with Crippen LogP contribution in [-0.2, 0) is 37.1 Å². The molecule has 0 radical (unpaired) electrons. The van der Waals surface area contributed by atoms with Gasteiger partial charge in [0.2, 0.25) is 11.8 Å². The molecule has 3 aromatic rings. The maximum Gasteiger partial charge on any atom is 0.240 e. The number of aryl methyl sites for hydroxylation is 1. The minimum Gasteiger partial charge on any atom is -0.354 e. The third-order valence-corrected chi connectivity index (χ3v) is 6.16. The fraction of sp³-hybridized carbons (Fsp3) is 0.409. The number of hydrogen-bond donors (Lipinski definition) is 1. The monoisotopic (exact) mass is 410 g/mol. The molecule has 0 saturated carbocycles. The molecule has 0 spiro atoms. The lowest BCUT2D eigenvalue weighted by molar-refractivity contribution is -0.127. The first-order valence-electron chi connectivity index (χ1n) is 10.2. The third kappa shape index (κ3) is 4.92. The number of rotatable bonds is 8. The lowest BCUT2D eigenvalue weighted by Gasteiger charge is -2.35. The van der Waals surface area contributed by atoms with E-state index in [0.29, 0.717) is 31.9 Å². The molecule has 1 N–H and O–H groups in total. The molecule has 1 aliphatic heterocycles. The molecule has 152 valence electrons. The van der Waals surface area contributed by atoms with Crippen LogP contribution in [0.5, 0.6) is 0 Å². The maximum atomic E-state index is 13.0. The van der Waals surface area contributed by atoms with Gasteiger partial charge in [-0.2, -0.15) is 4.98 Å². The number of nitrogens with zero attached hydrogens (tertiary/aromatic N) is 3. The lowest BCUT2D eigenvalue weighted by atomic mass is 9.93. The Morgan fingerprint density at radius 3 is 2.90 bits per heavy atom. The third-order valence-electron chi connectivity index (χ3n) is 5.22. The van der Waals surface area contributed by atoms with Crippen molar-refractivity contribution >= 4 is 17.2 Å². The summed E-state index contributed by atoms with van der Waals surface area (Å²) in [7, 11) is 0. The van der Waals surface area contributed by atoms with Gasteiger partial charge in [0.05, 0.1) is 12.6 Å². The van der Waals surface area contributed by atoms with Crippen molar-refractivity contribution in [2.45, 2.75) is 51.7 Å². The predicted molar refractivity (Wildman–Crippen MR) is 113 cm³/mol. The molecule has 1 amide bonds. The van der Waals surface area contributed by atoms with Crippen molar-refractivity contribution in [3.8, 4) is 0 Å². The summed E-state index contributed by atoms with van der Waals surface area (Å²) < 4.78 is 5.43. The van der Waals surface area contributed by atoms with E-state index in [4.69, 9.17) is 4.52 Å². The van der Waals surface area contributed by atoms with E-state index in [-0.39, 0.29) is 11.9 Å². The summed E-state index contributed by atoms with van der Waals surface area (Å²) in [4.78, 5) is 20.9. The average Bonchev–Trinajstić information content (AvgIpc) is 3.40. The summed E-state index contributed by atoms with van der Waals surface area (Å²) in [6.45, 7) is 3.92. The van der Waals surface area contributed by atoms with E-state index in [1.807, 2.05) is 18.2 Å². The minimum absolute atomic E-state index is 0.0596. The van der Waals surface area contributed by atoms with Crippen molar-refractivity contribution in [2.24, 2.45) is 0 Å². The molecule has 0 aliphatic carbocycles. The van der Waals surface area contributed by atoms with Gasteiger partial charge in [-0.25, -0.2) is 0 Å². The number of hydrogen-bond acceptors (Lipinski definition) is 6. The van der Waals surface area contributed by atoms with Crippen LogP contribution in [0, 0.1) is 0 Å². The van der Waals surface area contributed by atoms with E-state index in [0.717, 1.165) is 25.1 Å². The Kier molecular flexibility index (Phi) is 6.36. The van der Waals surface area contributed by atoms with Gasteiger partial charge in [-0.3, -0.25) is 9.69 Å². The molecule has 3 heterocycles. The number of nitrogens with one attached hydrogen (secondary N) is 1. The molecule has 0 saturated heterocycles. The van der Waals surface area contributed by atoms with Gasteiger partial charge in [0.25, 0.3) is 0 Å². The fourth-order valence-corrected chi connectivity index (χ4v) is 4.45. The Balaban J connectivity index is 1.45. The van der Waals surface area contributed by atoms with Gasteiger partial charge in [0, 0.05) is 24.4 Å². The van der Waals surface area contributed by atoms with Gasteiger partial charge in [-0.15, -0.1) is 11.3 Å². The number of carbonyl (C=O) groups is 1. The highest BCUT2D eigenvalue weighted by atomic mass is 32.1. The van der Waals surface area contributed by atoms with Crippen LogP contribution >= 0.6 is 11.3 Å². The number of amides is 1. The van der Waals surface area contributed by atoms with E-state index >= 15 is 0 Å². The number of fused-ring (bicyclic) bond motifs is 1. The van der Waals surface area contributed by atoms with Crippen molar-refractivity contribution in [1.82, 2.24) is 20.4 Å². The zero-order chi connectivity index (χ0) is 20.1. The molecule has 1 aliphatic rings. The Bertz CT molecular complexity index is 938. The van der Waals surface area contributed by atoms with Gasteiger partial charge in [-0.05, 0) is 41.8 Å². The lowest BCUT2D eigenvalue weighted by Crippen LogP contribution is -2.50. The quantitative estimate of drug-likeness (QED) is 0.616. The highest BCUT2D eigenvalue weighted by molar-refractivity contribution is 7.09. The molecule has 0 bridgehead atoms. The molecule has 6 nitrogen and oxygen atoms in total. The Labute approximate surface area is 174 Å². The number of thiophene rings is 1. The number of benzene rings is 1. The summed E-state index contributed by atoms with van der Waals surface area (Å²) in [5.41, 5.74) is 2.49. The molecule has 7 heteroatoms. The van der Waals surface area contributed by atoms with E-state index in [1.165, 1.54) is 16.0 Å². The molecular weight excluding hydrogens is 384 g/mol. The zero-order valence-corrected chi connectivity index (χ0v) is 17.5. The molecule has 0 fully saturated rings. The van der Waals surface area contributed by atoms with Crippen LogP contribution in [0.15, 0.2) is 46.3 Å². The highest BCUT2D eigenvalue weighted by Gasteiger charge is 2.32. The van der Waals surface area contributed by atoms with Crippen LogP contribution in [0.3, 0.4) is 0 Å². The molecule has 0 unspecified atom stereocenters. The second-order valence-electron chi connectivity index (χ2n) is 7.37. The van der Waals surface area contributed by atoms with E-state index in [9.17, 15) is 4.79 Å². The molecule has 1 atom stereocenters. The summed E-state index contributed by atoms with van der Waals surface area (Å²) in [5.74, 6) is 1.37. The van der Waals surface area contributed by atoms with Gasteiger partial charge in [0.1, 0.15) is 0 Å². The first-order chi connectivity index (χ1) is 14.2. The SMILES string of the molecule is CCCc1noc(CN2Cc3ccccc3C[C@@H]2C(=O)NCCc2cccs2)n1. The minimum atomic E-state index is -0.241. The standard InChI is InChI=1S/C22H26N4O2S/c1-2-6-20-24-21(28-25-20)15-26-14-17-8-4-3-7-16(17)13-19(26)22(27)23-11-10-18-9-5-12-29-18/h3-5,7-9,12,19H,2,6,10-11,13-15H2,1H3,(H,23,27)/t19-/m1/s1. The Hall–Kier alpha value is -2.51. The Morgan fingerprint density at radius 2 is 2.10 bits per heavy atom. The highest BCUT2D eigenvalue weighted by Crippen LogP contribution is 2.25. The van der Waals surface area contributed by atoms with E-state index in [2.05, 4.69) is 50.9 Å². The van der Waals surface area contributed by atoms with Crippen LogP contribution in [-0.4, -0.2) is 33.5 Å². The first kappa shape index (κ1) is 19.8. The number of aromatic nitrogens is 2. The van der Waals surface area contributed by atoms with E-state index < -0.39 is 0 Å². The maximum absolute atomic E-state index is 13.0. The van der Waals surface area contributed by atoms with Gasteiger partial charge < -0.3 is 9.84 Å². The molecule has 4 rings (SSSR count). The second-order valence-corrected chi connectivity index (χ2v) is 8.40. The van der Waals surface area contributed by atoms with E-state index in [1.54, 1.807) is 11.3 Å². The van der Waals surface area contributed by atoms with Crippen LogP contribution in [0.4, 0.5) is 0 Å². The van der Waals surface area contributed by atoms with Crippen molar-refractivity contribution in [1.29, 1.82) is 0 Å². The van der Waals surface area contributed by atoms with Gasteiger partial charge in [0.15, 0.2) is 5.82 Å². The summed E-state index contributed by atoms with van der Waals surface area (Å²) in [6, 6.07) is 12.2. The smallest absolute Gasteiger partial charge is 0.240 e. The van der Waals surface area contributed by atoms with Crippen LogP contribution in [0.2, 0.25) is 0 Å². The molecule has 29 heavy (non-hydrogen) atoms. The fourth-order valence-electron chi connectivity index (χ4n) is 3.74. The van der Waals surface area contributed by atoms with Crippen molar-refractivity contribution in [3.63, 3.8) is 0 Å². The molecule has 2 aromatic heterocycles. The predicted octanol–water partition coefficient (Wildman–Crippen LogP) is 3.37. The first-order valence-corrected chi connectivity index (χ1v) is 11.0. The average molecular weight is 411 g/mol. The normalized spacial score (nSPS) is 16.5. The molecule has 1 aromatic carbocycles. The van der Waals surface area contributed by atoms with Crippen molar-refractivity contribution in [2.75, 3.05) is 6.54 Å². The second kappa shape index (κ2) is 9.33.